The van der Waals surface area contributed by atoms with E-state index in [1.807, 2.05) is 13.8 Å². The maximum Gasteiger partial charge on any atom is 0.340 e. The quantitative estimate of drug-likeness (QED) is 0.690. The Bertz CT molecular complexity index is 308. The fourth-order valence-corrected chi connectivity index (χ4v) is 0.963. The van der Waals surface area contributed by atoms with Gasteiger partial charge >= 0.3 is 5.97 Å². The van der Waals surface area contributed by atoms with E-state index < -0.39 is 12.1 Å². The maximum atomic E-state index is 10.4. The smallest absolute Gasteiger partial charge is 0.340 e. The highest BCUT2D eigenvalue weighted by atomic mass is 16.4. The molecule has 6 nitrogen and oxygen atoms in total. The highest BCUT2D eigenvalue weighted by Crippen LogP contribution is 2.13. The van der Waals surface area contributed by atoms with E-state index in [9.17, 15) is 9.90 Å². The first-order chi connectivity index (χ1) is 6.04. The molecule has 2 N–H and O–H groups in total. The molecular formula is C7H11N3O3. The van der Waals surface area contributed by atoms with E-state index in [-0.39, 0.29) is 11.9 Å². The topological polar surface area (TPSA) is 88.2 Å². The first kappa shape index (κ1) is 9.66. The largest absolute Gasteiger partial charge is 0.479 e. The molecule has 0 bridgehead atoms. The minimum Gasteiger partial charge on any atom is -0.479 e. The van der Waals surface area contributed by atoms with Crippen LogP contribution in [0.2, 0.25) is 0 Å². The van der Waals surface area contributed by atoms with Gasteiger partial charge in [-0.25, -0.2) is 14.5 Å². The van der Waals surface area contributed by atoms with Gasteiger partial charge in [0, 0.05) is 6.04 Å². The summed E-state index contributed by atoms with van der Waals surface area (Å²) in [5.74, 6) is -1.27. The number of carboxylic acid groups (broad SMARTS) is 1. The lowest BCUT2D eigenvalue weighted by atomic mass is 10.3. The third-order valence-electron chi connectivity index (χ3n) is 1.57. The Kier molecular flexibility index (Phi) is 2.62. The van der Waals surface area contributed by atoms with Crippen LogP contribution < -0.4 is 0 Å². The van der Waals surface area contributed by atoms with Gasteiger partial charge in [-0.05, 0) is 13.8 Å². The molecule has 0 fully saturated rings. The number of hydrogen-bond acceptors (Lipinski definition) is 4. The highest BCUT2D eigenvalue weighted by Gasteiger charge is 2.22. The number of aromatic nitrogens is 3. The molecule has 0 aliphatic carbocycles. The number of hydrogen-bond donors (Lipinski definition) is 2. The number of carboxylic acids is 1. The van der Waals surface area contributed by atoms with E-state index in [1.165, 1.54) is 11.0 Å². The second-order valence-electron chi connectivity index (χ2n) is 2.90. The molecule has 1 unspecified atom stereocenters. The first-order valence-electron chi connectivity index (χ1n) is 3.84. The van der Waals surface area contributed by atoms with Crippen molar-refractivity contribution < 1.29 is 15.0 Å². The predicted octanol–water partition coefficient (Wildman–Crippen LogP) is -0.0230. The molecular weight excluding hydrogens is 174 g/mol. The lowest BCUT2D eigenvalue weighted by Crippen LogP contribution is -2.18. The number of rotatable bonds is 3. The molecule has 72 valence electrons. The summed E-state index contributed by atoms with van der Waals surface area (Å²) in [5.41, 5.74) is 0. The summed E-state index contributed by atoms with van der Waals surface area (Å²) >= 11 is 0. The summed E-state index contributed by atoms with van der Waals surface area (Å²) in [6.07, 6.45) is -0.383. The second kappa shape index (κ2) is 3.53. The normalized spacial score (nSPS) is 13.2. The number of nitrogens with zero attached hydrogens (tertiary/aromatic N) is 3. The van der Waals surface area contributed by atoms with Crippen molar-refractivity contribution in [2.24, 2.45) is 0 Å². The average Bonchev–Trinajstić information content (AvgIpc) is 2.50. The van der Waals surface area contributed by atoms with Gasteiger partial charge in [0.2, 0.25) is 6.10 Å². The zero-order valence-electron chi connectivity index (χ0n) is 7.38. The molecule has 1 heterocycles. The van der Waals surface area contributed by atoms with Gasteiger partial charge in [-0.2, -0.15) is 5.10 Å². The van der Waals surface area contributed by atoms with Crippen LogP contribution in [0, 0.1) is 0 Å². The predicted molar refractivity (Wildman–Crippen MR) is 43.0 cm³/mol. The Morgan fingerprint density at radius 1 is 1.62 bits per heavy atom. The van der Waals surface area contributed by atoms with Crippen molar-refractivity contribution in [1.29, 1.82) is 0 Å². The summed E-state index contributed by atoms with van der Waals surface area (Å²) in [6.45, 7) is 3.65. The molecule has 0 spiro atoms. The van der Waals surface area contributed by atoms with Crippen molar-refractivity contribution in [2.75, 3.05) is 0 Å². The third-order valence-corrected chi connectivity index (χ3v) is 1.57. The molecule has 1 rings (SSSR count). The Labute approximate surface area is 74.8 Å². The van der Waals surface area contributed by atoms with Crippen LogP contribution in [-0.4, -0.2) is 30.9 Å². The average molecular weight is 185 g/mol. The molecule has 13 heavy (non-hydrogen) atoms. The van der Waals surface area contributed by atoms with Gasteiger partial charge in [0.1, 0.15) is 6.33 Å². The minimum absolute atomic E-state index is 0.0218. The summed E-state index contributed by atoms with van der Waals surface area (Å²) < 4.78 is 1.37. The Morgan fingerprint density at radius 3 is 2.69 bits per heavy atom. The molecule has 1 aromatic heterocycles. The van der Waals surface area contributed by atoms with E-state index >= 15 is 0 Å². The van der Waals surface area contributed by atoms with Crippen LogP contribution in [0.1, 0.15) is 31.8 Å². The van der Waals surface area contributed by atoms with Gasteiger partial charge in [0.05, 0.1) is 0 Å². The number of aliphatic hydroxyl groups excluding tert-OH is 1. The van der Waals surface area contributed by atoms with Crippen LogP contribution >= 0.6 is 0 Å². The second-order valence-corrected chi connectivity index (χ2v) is 2.90. The Balaban J connectivity index is 3.00. The molecule has 0 aromatic carbocycles. The van der Waals surface area contributed by atoms with Crippen LogP contribution in [0.15, 0.2) is 6.33 Å². The van der Waals surface area contributed by atoms with Gasteiger partial charge < -0.3 is 10.2 Å². The van der Waals surface area contributed by atoms with E-state index in [0.717, 1.165) is 0 Å². The maximum absolute atomic E-state index is 10.4. The lowest BCUT2D eigenvalue weighted by Gasteiger charge is -2.10. The fourth-order valence-electron chi connectivity index (χ4n) is 0.963. The van der Waals surface area contributed by atoms with E-state index in [1.54, 1.807) is 0 Å². The molecule has 6 heteroatoms. The zero-order valence-corrected chi connectivity index (χ0v) is 7.38. The SMILES string of the molecule is CC(C)n1ncnc1C(O)C(=O)O. The fraction of sp³-hybridized carbons (Fsp3) is 0.571. The van der Waals surface area contributed by atoms with Crippen molar-refractivity contribution in [3.63, 3.8) is 0 Å². The molecule has 0 saturated heterocycles. The number of aliphatic carboxylic acids is 1. The van der Waals surface area contributed by atoms with Crippen molar-refractivity contribution in [1.82, 2.24) is 14.8 Å². The molecule has 1 aromatic rings. The van der Waals surface area contributed by atoms with Crippen LogP contribution in [0.4, 0.5) is 0 Å². The molecule has 0 radical (unpaired) electrons. The van der Waals surface area contributed by atoms with Gasteiger partial charge in [-0.3, -0.25) is 0 Å². The van der Waals surface area contributed by atoms with Crippen molar-refractivity contribution in [3.05, 3.63) is 12.2 Å². The van der Waals surface area contributed by atoms with Crippen LogP contribution in [0.3, 0.4) is 0 Å². The molecule has 0 saturated carbocycles. The standard InChI is InChI=1S/C7H11N3O3/c1-4(2)10-6(8-3-9-10)5(11)7(12)13/h3-5,11H,1-2H3,(H,12,13). The van der Waals surface area contributed by atoms with E-state index in [4.69, 9.17) is 5.11 Å². The minimum atomic E-state index is -1.61. The van der Waals surface area contributed by atoms with Gasteiger partial charge in [-0.15, -0.1) is 0 Å². The monoisotopic (exact) mass is 185 g/mol. The summed E-state index contributed by atoms with van der Waals surface area (Å²) in [4.78, 5) is 14.1. The van der Waals surface area contributed by atoms with E-state index in [0.29, 0.717) is 0 Å². The summed E-state index contributed by atoms with van der Waals surface area (Å²) in [7, 11) is 0. The number of carbonyl (C=O) groups is 1. The van der Waals surface area contributed by atoms with E-state index in [2.05, 4.69) is 10.1 Å². The Morgan fingerprint density at radius 2 is 2.23 bits per heavy atom. The van der Waals surface area contributed by atoms with Crippen LogP contribution in [0.5, 0.6) is 0 Å². The molecule has 0 amide bonds. The molecule has 0 aliphatic heterocycles. The van der Waals surface area contributed by atoms with Crippen molar-refractivity contribution in [2.45, 2.75) is 26.0 Å². The van der Waals surface area contributed by atoms with Crippen molar-refractivity contribution >= 4 is 5.97 Å². The van der Waals surface area contributed by atoms with Crippen molar-refractivity contribution in [3.8, 4) is 0 Å². The Hall–Kier alpha value is -1.43. The molecule has 0 aliphatic rings. The highest BCUT2D eigenvalue weighted by molar-refractivity contribution is 5.72. The van der Waals surface area contributed by atoms with Gasteiger partial charge in [0.15, 0.2) is 5.82 Å². The number of aliphatic hydroxyl groups is 1. The van der Waals surface area contributed by atoms with Crippen LogP contribution in [0.25, 0.3) is 0 Å². The third kappa shape index (κ3) is 1.83. The zero-order chi connectivity index (χ0) is 10.0. The summed E-state index contributed by atoms with van der Waals surface area (Å²) in [5, 5.41) is 21.5. The van der Waals surface area contributed by atoms with Gasteiger partial charge in [0.25, 0.3) is 0 Å². The molecule has 1 atom stereocenters. The summed E-state index contributed by atoms with van der Waals surface area (Å²) in [6, 6.07) is -0.0218. The first-order valence-corrected chi connectivity index (χ1v) is 3.84. The van der Waals surface area contributed by atoms with Gasteiger partial charge in [-0.1, -0.05) is 0 Å². The van der Waals surface area contributed by atoms with Crippen LogP contribution in [-0.2, 0) is 4.79 Å². The lowest BCUT2D eigenvalue weighted by molar-refractivity contribution is -0.147.